The summed E-state index contributed by atoms with van der Waals surface area (Å²) >= 11 is 5.43. The Hall–Kier alpha value is -1.34. The predicted octanol–water partition coefficient (Wildman–Crippen LogP) is 7.61. The minimum absolute atomic E-state index is 0.141. The van der Waals surface area contributed by atoms with Gasteiger partial charge in [0.05, 0.1) is 9.92 Å². The summed E-state index contributed by atoms with van der Waals surface area (Å²) in [6, 6.07) is 2.36. The summed E-state index contributed by atoms with van der Waals surface area (Å²) in [4.78, 5) is 2.39. The van der Waals surface area contributed by atoms with E-state index in [0.29, 0.717) is 12.6 Å². The molecule has 1 aromatic carbocycles. The van der Waals surface area contributed by atoms with E-state index in [9.17, 15) is 13.0 Å². The summed E-state index contributed by atoms with van der Waals surface area (Å²) in [7, 11) is 0.580. The molecule has 1 N–H and O–H groups in total. The Balaban J connectivity index is 0.000000647. The monoisotopic (exact) mass is 502 g/mol. The van der Waals surface area contributed by atoms with E-state index < -0.39 is 22.6 Å². The smallest absolute Gasteiger partial charge is 0.144 e. The SMILES string of the molecule is C=C/C=C(C)\C=C(/C)CCC(CC)N(C)CCCC.CCNS(=O)c1cc(Cl)c(F)cc1F. The quantitative estimate of drug-likeness (QED) is 0.222. The summed E-state index contributed by atoms with van der Waals surface area (Å²) in [5.41, 5.74) is 2.76. The third-order valence-electron chi connectivity index (χ3n) is 5.14. The van der Waals surface area contributed by atoms with Gasteiger partial charge >= 0.3 is 0 Å². The summed E-state index contributed by atoms with van der Waals surface area (Å²) in [5.74, 6) is -1.73. The number of hydrogen-bond donors (Lipinski definition) is 1. The van der Waals surface area contributed by atoms with Gasteiger partial charge in [0.2, 0.25) is 0 Å². The van der Waals surface area contributed by atoms with Gasteiger partial charge in [-0.3, -0.25) is 0 Å². The first-order valence-corrected chi connectivity index (χ1v) is 13.1. The number of allylic oxidation sites excluding steroid dienone is 5. The number of hydrogen-bond acceptors (Lipinski definition) is 2. The van der Waals surface area contributed by atoms with Gasteiger partial charge in [0.15, 0.2) is 0 Å². The number of unbranched alkanes of at least 4 members (excludes halogenated alkanes) is 1. The molecule has 33 heavy (non-hydrogen) atoms. The maximum atomic E-state index is 13.1. The molecule has 0 saturated heterocycles. The van der Waals surface area contributed by atoms with Gasteiger partial charge in [0.1, 0.15) is 22.6 Å². The van der Waals surface area contributed by atoms with Crippen molar-refractivity contribution in [1.29, 1.82) is 0 Å². The Morgan fingerprint density at radius 1 is 1.24 bits per heavy atom. The summed E-state index contributed by atoms with van der Waals surface area (Å²) < 4.78 is 39.6. The van der Waals surface area contributed by atoms with E-state index in [4.69, 9.17) is 11.6 Å². The molecule has 7 heteroatoms. The van der Waals surface area contributed by atoms with Gasteiger partial charge < -0.3 is 4.90 Å². The standard InChI is InChI=1S/C18H33N.C8H8ClF2NOS/c1-7-10-14-19(6)18(9-3)13-12-17(5)15-16(4)11-8-2;1-2-12-14(13)8-3-5(9)6(10)4-7(8)11/h8,11,15,18H,2,7,9-10,12-14H2,1,3-6H3;3-4,12H,2H2,1H3/b16-11-,17-15+;. The lowest BCUT2D eigenvalue weighted by molar-refractivity contribution is 0.221. The Morgan fingerprint density at radius 3 is 2.45 bits per heavy atom. The van der Waals surface area contributed by atoms with Crippen LogP contribution in [0.15, 0.2) is 53.0 Å². The zero-order chi connectivity index (χ0) is 25.4. The topological polar surface area (TPSA) is 32.3 Å². The minimum atomic E-state index is -1.69. The van der Waals surface area contributed by atoms with E-state index in [-0.39, 0.29) is 9.92 Å². The fraction of sp³-hybridized carbons (Fsp3) is 0.538. The molecule has 2 unspecified atom stereocenters. The van der Waals surface area contributed by atoms with E-state index in [1.54, 1.807) is 6.92 Å². The zero-order valence-corrected chi connectivity index (χ0v) is 22.6. The highest BCUT2D eigenvalue weighted by molar-refractivity contribution is 7.83. The molecular weight excluding hydrogens is 462 g/mol. The highest BCUT2D eigenvalue weighted by Crippen LogP contribution is 2.21. The molecule has 2 atom stereocenters. The lowest BCUT2D eigenvalue weighted by atomic mass is 10.0. The van der Waals surface area contributed by atoms with Crippen LogP contribution in [0.2, 0.25) is 5.02 Å². The van der Waals surface area contributed by atoms with E-state index in [1.165, 1.54) is 49.8 Å². The number of rotatable bonds is 13. The van der Waals surface area contributed by atoms with Crippen LogP contribution in [0.25, 0.3) is 0 Å². The van der Waals surface area contributed by atoms with Crippen LogP contribution in [0.1, 0.15) is 66.7 Å². The second-order valence-corrected chi connectivity index (χ2v) is 9.71. The fourth-order valence-electron chi connectivity index (χ4n) is 3.27. The van der Waals surface area contributed by atoms with Gasteiger partial charge in [-0.15, -0.1) is 0 Å². The van der Waals surface area contributed by atoms with Crippen LogP contribution >= 0.6 is 11.6 Å². The van der Waals surface area contributed by atoms with E-state index in [0.717, 1.165) is 12.1 Å². The Bertz CT molecular complexity index is 812. The lowest BCUT2D eigenvalue weighted by Crippen LogP contribution is -2.32. The van der Waals surface area contributed by atoms with Crippen LogP contribution in [0.4, 0.5) is 8.78 Å². The Kier molecular flexibility index (Phi) is 17.3. The second kappa shape index (κ2) is 18.0. The predicted molar refractivity (Wildman–Crippen MR) is 140 cm³/mol. The molecule has 0 aliphatic rings. The molecule has 188 valence electrons. The van der Waals surface area contributed by atoms with Gasteiger partial charge in [0, 0.05) is 18.7 Å². The molecule has 0 amide bonds. The maximum Gasteiger partial charge on any atom is 0.144 e. The number of halogens is 3. The number of nitrogens with one attached hydrogen (secondary N) is 1. The maximum absolute atomic E-state index is 13.1. The number of benzene rings is 1. The zero-order valence-electron chi connectivity index (χ0n) is 21.0. The van der Waals surface area contributed by atoms with Gasteiger partial charge in [0.25, 0.3) is 0 Å². The third-order valence-corrected chi connectivity index (χ3v) is 6.69. The highest BCUT2D eigenvalue weighted by atomic mass is 35.5. The normalized spacial score (nSPS) is 14.0. The molecule has 0 aliphatic heterocycles. The summed E-state index contributed by atoms with van der Waals surface area (Å²) in [6.07, 6.45) is 12.5. The first-order valence-electron chi connectivity index (χ1n) is 11.6. The van der Waals surface area contributed by atoms with Crippen molar-refractivity contribution in [3.63, 3.8) is 0 Å². The minimum Gasteiger partial charge on any atom is -0.303 e. The fourth-order valence-corrected chi connectivity index (χ4v) is 4.38. The van der Waals surface area contributed by atoms with Crippen LogP contribution in [0.3, 0.4) is 0 Å². The van der Waals surface area contributed by atoms with Crippen molar-refractivity contribution < 1.29 is 13.0 Å². The van der Waals surface area contributed by atoms with Crippen LogP contribution in [-0.4, -0.2) is 35.3 Å². The van der Waals surface area contributed by atoms with Crippen LogP contribution in [0, 0.1) is 11.6 Å². The molecule has 0 spiro atoms. The van der Waals surface area contributed by atoms with Gasteiger partial charge in [-0.1, -0.05) is 74.7 Å². The molecule has 0 saturated carbocycles. The average molecular weight is 503 g/mol. The molecule has 0 radical (unpaired) electrons. The molecule has 0 bridgehead atoms. The average Bonchev–Trinajstić information content (AvgIpc) is 2.75. The first-order chi connectivity index (χ1) is 15.6. The van der Waals surface area contributed by atoms with Crippen molar-refractivity contribution >= 4 is 22.6 Å². The van der Waals surface area contributed by atoms with Crippen molar-refractivity contribution in [3.05, 3.63) is 64.7 Å². The van der Waals surface area contributed by atoms with E-state index in [1.807, 2.05) is 6.08 Å². The van der Waals surface area contributed by atoms with Crippen LogP contribution in [0.5, 0.6) is 0 Å². The van der Waals surface area contributed by atoms with Crippen molar-refractivity contribution in [3.8, 4) is 0 Å². The molecule has 1 rings (SSSR count). The molecule has 1 aromatic rings. The summed E-state index contributed by atoms with van der Waals surface area (Å²) in [6.45, 7) is 16.0. The van der Waals surface area contributed by atoms with Gasteiger partial charge in [-0.05, 0) is 59.2 Å². The molecule has 0 aromatic heterocycles. The third kappa shape index (κ3) is 13.2. The Labute approximate surface area is 207 Å². The molecule has 0 fully saturated rings. The first kappa shape index (κ1) is 31.7. The highest BCUT2D eigenvalue weighted by Gasteiger charge is 2.13. The Morgan fingerprint density at radius 2 is 1.91 bits per heavy atom. The van der Waals surface area contributed by atoms with E-state index in [2.05, 4.69) is 63.1 Å². The van der Waals surface area contributed by atoms with Crippen LogP contribution in [-0.2, 0) is 11.0 Å². The van der Waals surface area contributed by atoms with Crippen molar-refractivity contribution in [2.24, 2.45) is 0 Å². The van der Waals surface area contributed by atoms with Crippen molar-refractivity contribution in [2.75, 3.05) is 20.1 Å². The molecule has 0 heterocycles. The van der Waals surface area contributed by atoms with Crippen molar-refractivity contribution in [1.82, 2.24) is 9.62 Å². The lowest BCUT2D eigenvalue weighted by Gasteiger charge is -2.27. The van der Waals surface area contributed by atoms with E-state index >= 15 is 0 Å². The number of nitrogens with zero attached hydrogens (tertiary/aromatic N) is 1. The molecule has 0 aliphatic carbocycles. The van der Waals surface area contributed by atoms with Crippen LogP contribution < -0.4 is 4.72 Å². The van der Waals surface area contributed by atoms with Gasteiger partial charge in [-0.25, -0.2) is 17.7 Å². The largest absolute Gasteiger partial charge is 0.303 e. The van der Waals surface area contributed by atoms with Crippen molar-refractivity contribution in [2.45, 2.75) is 77.7 Å². The second-order valence-electron chi connectivity index (χ2n) is 8.04. The molecular formula is C26H41ClF2N2OS. The van der Waals surface area contributed by atoms with Gasteiger partial charge in [-0.2, -0.15) is 0 Å². The summed E-state index contributed by atoms with van der Waals surface area (Å²) in [5, 5.41) is -0.243. The molecule has 3 nitrogen and oxygen atoms in total.